The van der Waals surface area contributed by atoms with Crippen LogP contribution in [0.5, 0.6) is 5.75 Å². The molecule has 1 N–H and O–H groups in total. The van der Waals surface area contributed by atoms with Gasteiger partial charge < -0.3 is 10.1 Å². The van der Waals surface area contributed by atoms with E-state index in [1.54, 1.807) is 7.11 Å². The summed E-state index contributed by atoms with van der Waals surface area (Å²) in [5.41, 5.74) is 2.94. The van der Waals surface area contributed by atoms with Crippen LogP contribution in [0.25, 0.3) is 0 Å². The number of benzene rings is 1. The zero-order chi connectivity index (χ0) is 13.8. The van der Waals surface area contributed by atoms with Crippen molar-refractivity contribution in [3.63, 3.8) is 0 Å². The molecule has 0 aliphatic carbocycles. The summed E-state index contributed by atoms with van der Waals surface area (Å²) in [5, 5.41) is 3.75. The van der Waals surface area contributed by atoms with Gasteiger partial charge in [-0.3, -0.25) is 0 Å². The molecule has 1 heterocycles. The Morgan fingerprint density at radius 1 is 1.37 bits per heavy atom. The second-order valence-corrected chi connectivity index (χ2v) is 6.30. The highest BCUT2D eigenvalue weighted by Gasteiger charge is 2.21. The summed E-state index contributed by atoms with van der Waals surface area (Å²) in [6, 6.07) is 7.04. The molecule has 106 valence electrons. The molecule has 0 saturated carbocycles. The highest BCUT2D eigenvalue weighted by Crippen LogP contribution is 2.31. The van der Waals surface area contributed by atoms with E-state index in [0.29, 0.717) is 12.0 Å². The van der Waals surface area contributed by atoms with E-state index in [0.717, 1.165) is 18.2 Å². The second-order valence-electron chi connectivity index (χ2n) is 6.30. The van der Waals surface area contributed by atoms with Crippen LogP contribution in [0.2, 0.25) is 0 Å². The topological polar surface area (TPSA) is 21.3 Å². The van der Waals surface area contributed by atoms with Crippen LogP contribution in [0.15, 0.2) is 18.2 Å². The van der Waals surface area contributed by atoms with Crippen molar-refractivity contribution >= 4 is 0 Å². The fourth-order valence-corrected chi connectivity index (χ4v) is 2.89. The molecule has 1 aromatic rings. The molecule has 0 radical (unpaired) electrons. The third-order valence-corrected chi connectivity index (χ3v) is 4.05. The number of methoxy groups -OCH3 is 1. The zero-order valence-corrected chi connectivity index (χ0v) is 12.7. The Morgan fingerprint density at radius 2 is 2.16 bits per heavy atom. The van der Waals surface area contributed by atoms with Gasteiger partial charge in [-0.25, -0.2) is 0 Å². The minimum absolute atomic E-state index is 0.466. The SMILES string of the molecule is COc1ccc2c(c1)C(CC(C)C)NCC(C)CC2. The molecule has 2 unspecified atom stereocenters. The summed E-state index contributed by atoms with van der Waals surface area (Å²) in [5.74, 6) is 2.43. The van der Waals surface area contributed by atoms with E-state index in [2.05, 4.69) is 44.3 Å². The Balaban J connectivity index is 2.33. The fraction of sp³-hybridized carbons (Fsp3) is 0.647. The normalized spacial score (nSPS) is 23.6. The summed E-state index contributed by atoms with van der Waals surface area (Å²) < 4.78 is 5.40. The molecule has 2 rings (SSSR count). The highest BCUT2D eigenvalue weighted by atomic mass is 16.5. The standard InChI is InChI=1S/C17H27NO/c1-12(2)9-17-16-10-15(19-4)8-7-14(16)6-5-13(3)11-18-17/h7-8,10,12-13,17-18H,5-6,9,11H2,1-4H3. The van der Waals surface area contributed by atoms with Crippen LogP contribution >= 0.6 is 0 Å². The van der Waals surface area contributed by atoms with Crippen molar-refractivity contribution in [1.29, 1.82) is 0 Å². The monoisotopic (exact) mass is 261 g/mol. The van der Waals surface area contributed by atoms with Gasteiger partial charge >= 0.3 is 0 Å². The van der Waals surface area contributed by atoms with Crippen molar-refractivity contribution < 1.29 is 4.74 Å². The molecule has 2 heteroatoms. The molecule has 0 amide bonds. The van der Waals surface area contributed by atoms with E-state index in [1.165, 1.54) is 30.4 Å². The number of ether oxygens (including phenoxy) is 1. The van der Waals surface area contributed by atoms with Crippen molar-refractivity contribution in [2.24, 2.45) is 11.8 Å². The molecule has 0 spiro atoms. The maximum Gasteiger partial charge on any atom is 0.119 e. The number of hydrogen-bond donors (Lipinski definition) is 1. The van der Waals surface area contributed by atoms with Crippen molar-refractivity contribution in [3.8, 4) is 5.75 Å². The Bertz CT molecular complexity index is 414. The zero-order valence-electron chi connectivity index (χ0n) is 12.7. The van der Waals surface area contributed by atoms with E-state index < -0.39 is 0 Å². The molecule has 0 bridgehead atoms. The molecule has 1 aliphatic rings. The average Bonchev–Trinajstić information content (AvgIpc) is 2.39. The smallest absolute Gasteiger partial charge is 0.119 e. The predicted molar refractivity (Wildman–Crippen MR) is 80.7 cm³/mol. The minimum atomic E-state index is 0.466. The molecule has 0 saturated heterocycles. The van der Waals surface area contributed by atoms with Gasteiger partial charge in [0.25, 0.3) is 0 Å². The third kappa shape index (κ3) is 3.73. The lowest BCUT2D eigenvalue weighted by atomic mass is 9.87. The van der Waals surface area contributed by atoms with Crippen LogP contribution in [0.1, 0.15) is 50.8 Å². The molecular formula is C17H27NO. The van der Waals surface area contributed by atoms with Crippen LogP contribution in [0.3, 0.4) is 0 Å². The number of nitrogens with one attached hydrogen (secondary N) is 1. The molecule has 19 heavy (non-hydrogen) atoms. The third-order valence-electron chi connectivity index (χ3n) is 4.05. The summed E-state index contributed by atoms with van der Waals surface area (Å²) in [4.78, 5) is 0. The largest absolute Gasteiger partial charge is 0.497 e. The van der Waals surface area contributed by atoms with E-state index in [-0.39, 0.29) is 0 Å². The second kappa shape index (κ2) is 6.42. The van der Waals surface area contributed by atoms with Gasteiger partial charge in [0.2, 0.25) is 0 Å². The minimum Gasteiger partial charge on any atom is -0.497 e. The van der Waals surface area contributed by atoms with Crippen molar-refractivity contribution in [2.45, 2.75) is 46.1 Å². The lowest BCUT2D eigenvalue weighted by Gasteiger charge is -2.28. The molecule has 2 nitrogen and oxygen atoms in total. The Morgan fingerprint density at radius 3 is 2.84 bits per heavy atom. The first-order chi connectivity index (χ1) is 9.10. The first-order valence-electron chi connectivity index (χ1n) is 7.50. The van der Waals surface area contributed by atoms with E-state index in [1.807, 2.05) is 0 Å². The van der Waals surface area contributed by atoms with E-state index in [9.17, 15) is 0 Å². The van der Waals surface area contributed by atoms with E-state index in [4.69, 9.17) is 4.74 Å². The Labute approximate surface area is 117 Å². The summed E-state index contributed by atoms with van der Waals surface area (Å²) in [6.45, 7) is 8.05. The van der Waals surface area contributed by atoms with E-state index >= 15 is 0 Å². The van der Waals surface area contributed by atoms with Gasteiger partial charge in [-0.1, -0.05) is 26.8 Å². The fourth-order valence-electron chi connectivity index (χ4n) is 2.89. The van der Waals surface area contributed by atoms with Crippen LogP contribution in [-0.4, -0.2) is 13.7 Å². The molecule has 0 aromatic heterocycles. The summed E-state index contributed by atoms with van der Waals surface area (Å²) in [6.07, 6.45) is 3.64. The number of aryl methyl sites for hydroxylation is 1. The number of hydrogen-bond acceptors (Lipinski definition) is 2. The first kappa shape index (κ1) is 14.4. The molecule has 1 aromatic carbocycles. The van der Waals surface area contributed by atoms with Gasteiger partial charge in [0.1, 0.15) is 5.75 Å². The maximum absolute atomic E-state index is 5.40. The number of fused-ring (bicyclic) bond motifs is 1. The lowest BCUT2D eigenvalue weighted by molar-refractivity contribution is 0.369. The molecule has 2 atom stereocenters. The number of rotatable bonds is 3. The average molecular weight is 261 g/mol. The molecule has 0 fully saturated rings. The van der Waals surface area contributed by atoms with Gasteiger partial charge in [0.05, 0.1) is 7.11 Å². The van der Waals surface area contributed by atoms with Crippen molar-refractivity contribution in [2.75, 3.05) is 13.7 Å². The molecular weight excluding hydrogens is 234 g/mol. The maximum atomic E-state index is 5.40. The lowest BCUT2D eigenvalue weighted by Crippen LogP contribution is -2.30. The van der Waals surface area contributed by atoms with Gasteiger partial charge in [-0.2, -0.15) is 0 Å². The van der Waals surface area contributed by atoms with Crippen LogP contribution in [0, 0.1) is 11.8 Å². The van der Waals surface area contributed by atoms with Crippen LogP contribution in [-0.2, 0) is 6.42 Å². The highest BCUT2D eigenvalue weighted by molar-refractivity contribution is 5.38. The first-order valence-corrected chi connectivity index (χ1v) is 7.50. The Hall–Kier alpha value is -1.02. The summed E-state index contributed by atoms with van der Waals surface area (Å²) >= 11 is 0. The molecule has 1 aliphatic heterocycles. The van der Waals surface area contributed by atoms with Gasteiger partial charge in [-0.05, 0) is 60.9 Å². The van der Waals surface area contributed by atoms with Crippen molar-refractivity contribution in [3.05, 3.63) is 29.3 Å². The summed E-state index contributed by atoms with van der Waals surface area (Å²) in [7, 11) is 1.75. The van der Waals surface area contributed by atoms with Gasteiger partial charge in [0.15, 0.2) is 0 Å². The van der Waals surface area contributed by atoms with Crippen LogP contribution < -0.4 is 10.1 Å². The quantitative estimate of drug-likeness (QED) is 0.889. The van der Waals surface area contributed by atoms with Crippen molar-refractivity contribution in [1.82, 2.24) is 5.32 Å². The Kier molecular flexibility index (Phi) is 4.87. The van der Waals surface area contributed by atoms with Gasteiger partial charge in [-0.15, -0.1) is 0 Å². The van der Waals surface area contributed by atoms with Gasteiger partial charge in [0, 0.05) is 6.04 Å². The van der Waals surface area contributed by atoms with Crippen LogP contribution in [0.4, 0.5) is 0 Å². The predicted octanol–water partition coefficient (Wildman–Crippen LogP) is 3.95.